The van der Waals surface area contributed by atoms with Gasteiger partial charge in [-0.15, -0.1) is 0 Å². The molecule has 0 spiro atoms. The molecule has 0 amide bonds. The summed E-state index contributed by atoms with van der Waals surface area (Å²) < 4.78 is 17.4. The van der Waals surface area contributed by atoms with Gasteiger partial charge in [-0.2, -0.15) is 0 Å². The maximum absolute atomic E-state index is 5.98. The number of rotatable bonds is 9. The number of benzene rings is 2. The van der Waals surface area contributed by atoms with Crippen LogP contribution in [-0.4, -0.2) is 20.3 Å². The maximum Gasteiger partial charge on any atom is 0.169 e. The van der Waals surface area contributed by atoms with Crippen molar-refractivity contribution in [2.45, 2.75) is 39.5 Å². The van der Waals surface area contributed by atoms with Crippen LogP contribution in [0.15, 0.2) is 30.3 Å². The first-order chi connectivity index (χ1) is 10.8. The predicted molar refractivity (Wildman–Crippen MR) is 91.3 cm³/mol. The third-order valence-corrected chi connectivity index (χ3v) is 3.66. The number of ether oxygens (including phenoxy) is 3. The van der Waals surface area contributed by atoms with E-state index in [9.17, 15) is 0 Å². The van der Waals surface area contributed by atoms with Gasteiger partial charge in [-0.25, -0.2) is 0 Å². The molecule has 0 bridgehead atoms. The highest BCUT2D eigenvalue weighted by atomic mass is 16.5. The highest BCUT2D eigenvalue weighted by Crippen LogP contribution is 2.39. The van der Waals surface area contributed by atoms with E-state index in [-0.39, 0.29) is 0 Å². The van der Waals surface area contributed by atoms with E-state index in [1.165, 1.54) is 0 Å². The van der Waals surface area contributed by atoms with Gasteiger partial charge in [0, 0.05) is 10.8 Å². The van der Waals surface area contributed by atoms with Crippen molar-refractivity contribution in [3.8, 4) is 17.2 Å². The van der Waals surface area contributed by atoms with Gasteiger partial charge in [0.1, 0.15) is 5.75 Å². The zero-order chi connectivity index (χ0) is 15.8. The van der Waals surface area contributed by atoms with Gasteiger partial charge in [0.2, 0.25) is 0 Å². The third kappa shape index (κ3) is 3.85. The quantitative estimate of drug-likeness (QED) is 0.595. The molecule has 2 aromatic rings. The molecule has 0 radical (unpaired) electrons. The predicted octanol–water partition coefficient (Wildman–Crippen LogP) is 5.21. The zero-order valence-corrected chi connectivity index (χ0v) is 13.9. The van der Waals surface area contributed by atoms with E-state index in [2.05, 4.69) is 19.9 Å². The molecule has 2 rings (SSSR count). The van der Waals surface area contributed by atoms with Gasteiger partial charge < -0.3 is 14.2 Å². The molecule has 2 aromatic carbocycles. The van der Waals surface area contributed by atoms with Crippen LogP contribution in [0.4, 0.5) is 0 Å². The van der Waals surface area contributed by atoms with Gasteiger partial charge in [0.05, 0.1) is 20.3 Å². The monoisotopic (exact) mass is 302 g/mol. The number of unbranched alkanes of at least 4 members (excludes halogenated alkanes) is 2. The molecule has 0 aromatic heterocycles. The highest BCUT2D eigenvalue weighted by Gasteiger charge is 2.12. The van der Waals surface area contributed by atoms with E-state index in [0.717, 1.165) is 60.3 Å². The Labute approximate surface area is 133 Å². The molecule has 0 unspecified atom stereocenters. The van der Waals surface area contributed by atoms with Crippen molar-refractivity contribution in [3.63, 3.8) is 0 Å². The lowest BCUT2D eigenvalue weighted by atomic mass is 10.1. The summed E-state index contributed by atoms with van der Waals surface area (Å²) in [6.45, 7) is 5.76. The van der Waals surface area contributed by atoms with Crippen molar-refractivity contribution < 1.29 is 14.2 Å². The van der Waals surface area contributed by atoms with E-state index in [0.29, 0.717) is 6.61 Å². The second-order valence-electron chi connectivity index (χ2n) is 5.35. The number of hydrogen-bond donors (Lipinski definition) is 0. The largest absolute Gasteiger partial charge is 0.493 e. The summed E-state index contributed by atoms with van der Waals surface area (Å²) in [6.07, 6.45) is 4.33. The molecule has 0 aliphatic heterocycles. The van der Waals surface area contributed by atoms with Crippen LogP contribution in [-0.2, 0) is 0 Å². The lowest BCUT2D eigenvalue weighted by molar-refractivity contribution is 0.291. The Kier molecular flexibility index (Phi) is 6.38. The highest BCUT2D eigenvalue weighted by molar-refractivity contribution is 5.95. The Balaban J connectivity index is 2.35. The minimum Gasteiger partial charge on any atom is -0.493 e. The molecular weight excluding hydrogens is 276 g/mol. The summed E-state index contributed by atoms with van der Waals surface area (Å²) in [4.78, 5) is 0. The molecule has 0 saturated heterocycles. The van der Waals surface area contributed by atoms with Crippen molar-refractivity contribution >= 4 is 10.8 Å². The van der Waals surface area contributed by atoms with Gasteiger partial charge in [0.15, 0.2) is 11.5 Å². The summed E-state index contributed by atoms with van der Waals surface area (Å²) in [7, 11) is 1.68. The molecule has 120 valence electrons. The zero-order valence-electron chi connectivity index (χ0n) is 13.9. The second-order valence-corrected chi connectivity index (χ2v) is 5.35. The second kappa shape index (κ2) is 8.52. The smallest absolute Gasteiger partial charge is 0.169 e. The van der Waals surface area contributed by atoms with Crippen LogP contribution in [0.25, 0.3) is 10.8 Å². The molecule has 0 N–H and O–H groups in total. The molecule has 3 nitrogen and oxygen atoms in total. The Hall–Kier alpha value is -1.90. The Bertz CT molecular complexity index is 592. The van der Waals surface area contributed by atoms with Crippen LogP contribution in [0.1, 0.15) is 39.5 Å². The SMILES string of the molecule is CCCCOc1cccc2c(OCCCC)c(OC)ccc12. The van der Waals surface area contributed by atoms with Crippen LogP contribution in [0, 0.1) is 0 Å². The molecule has 0 saturated carbocycles. The number of hydrogen-bond acceptors (Lipinski definition) is 3. The minimum atomic E-state index is 0.701. The number of fused-ring (bicyclic) bond motifs is 1. The van der Waals surface area contributed by atoms with Crippen molar-refractivity contribution in [3.05, 3.63) is 30.3 Å². The maximum atomic E-state index is 5.98. The van der Waals surface area contributed by atoms with E-state index in [1.54, 1.807) is 7.11 Å². The van der Waals surface area contributed by atoms with E-state index in [1.807, 2.05) is 24.3 Å². The van der Waals surface area contributed by atoms with Crippen LogP contribution < -0.4 is 14.2 Å². The van der Waals surface area contributed by atoms with Crippen LogP contribution in [0.3, 0.4) is 0 Å². The van der Waals surface area contributed by atoms with E-state index in [4.69, 9.17) is 14.2 Å². The van der Waals surface area contributed by atoms with Crippen molar-refractivity contribution in [2.24, 2.45) is 0 Å². The standard InChI is InChI=1S/C19H26O3/c1-4-6-13-21-17-10-8-9-16-15(17)11-12-18(20-3)19(16)22-14-7-5-2/h8-12H,4-7,13-14H2,1-3H3. The molecule has 22 heavy (non-hydrogen) atoms. The molecule has 0 aliphatic carbocycles. The first kappa shape index (κ1) is 16.5. The summed E-state index contributed by atoms with van der Waals surface area (Å²) in [5, 5.41) is 2.12. The van der Waals surface area contributed by atoms with E-state index < -0.39 is 0 Å². The van der Waals surface area contributed by atoms with Crippen molar-refractivity contribution in [1.82, 2.24) is 0 Å². The fourth-order valence-corrected chi connectivity index (χ4v) is 2.36. The fraction of sp³-hybridized carbons (Fsp3) is 0.474. The fourth-order valence-electron chi connectivity index (χ4n) is 2.36. The number of methoxy groups -OCH3 is 1. The van der Waals surface area contributed by atoms with Crippen LogP contribution in [0.5, 0.6) is 17.2 Å². The first-order valence-electron chi connectivity index (χ1n) is 8.17. The minimum absolute atomic E-state index is 0.701. The average molecular weight is 302 g/mol. The van der Waals surface area contributed by atoms with Crippen LogP contribution >= 0.6 is 0 Å². The van der Waals surface area contributed by atoms with Gasteiger partial charge in [-0.1, -0.05) is 38.8 Å². The summed E-state index contributed by atoms with van der Waals surface area (Å²) >= 11 is 0. The van der Waals surface area contributed by atoms with Crippen molar-refractivity contribution in [1.29, 1.82) is 0 Å². The first-order valence-corrected chi connectivity index (χ1v) is 8.17. The lowest BCUT2D eigenvalue weighted by Crippen LogP contribution is -2.01. The molecule has 3 heteroatoms. The third-order valence-electron chi connectivity index (χ3n) is 3.66. The van der Waals surface area contributed by atoms with Crippen molar-refractivity contribution in [2.75, 3.05) is 20.3 Å². The lowest BCUT2D eigenvalue weighted by Gasteiger charge is -2.15. The topological polar surface area (TPSA) is 27.7 Å². The van der Waals surface area contributed by atoms with Gasteiger partial charge in [-0.05, 0) is 31.0 Å². The van der Waals surface area contributed by atoms with Gasteiger partial charge in [0.25, 0.3) is 0 Å². The van der Waals surface area contributed by atoms with Gasteiger partial charge >= 0.3 is 0 Å². The summed E-state index contributed by atoms with van der Waals surface area (Å²) in [5.41, 5.74) is 0. The molecular formula is C19H26O3. The Morgan fingerprint density at radius 3 is 2.18 bits per heavy atom. The van der Waals surface area contributed by atoms with Crippen LogP contribution in [0.2, 0.25) is 0 Å². The molecule has 0 atom stereocenters. The Morgan fingerprint density at radius 1 is 0.773 bits per heavy atom. The Morgan fingerprint density at radius 2 is 1.50 bits per heavy atom. The van der Waals surface area contributed by atoms with E-state index >= 15 is 0 Å². The summed E-state index contributed by atoms with van der Waals surface area (Å²) in [5.74, 6) is 2.50. The summed E-state index contributed by atoms with van der Waals surface area (Å²) in [6, 6.07) is 10.1. The normalized spacial score (nSPS) is 10.7. The van der Waals surface area contributed by atoms with Gasteiger partial charge in [-0.3, -0.25) is 0 Å². The molecule has 0 heterocycles. The average Bonchev–Trinajstić information content (AvgIpc) is 2.55. The molecule has 0 aliphatic rings. The molecule has 0 fully saturated rings.